The summed E-state index contributed by atoms with van der Waals surface area (Å²) in [4.78, 5) is 63.2. The van der Waals surface area contributed by atoms with Crippen LogP contribution in [0.4, 0.5) is 4.79 Å². The average Bonchev–Trinajstić information content (AvgIpc) is 4.06. The number of nitrogens with one attached hydrogen (secondary N) is 3. The number of ether oxygens (including phenoxy) is 3. The first-order valence-electron chi connectivity index (χ1n) is 22.4. The van der Waals surface area contributed by atoms with Gasteiger partial charge in [-0.1, -0.05) is 37.1 Å². The third-order valence-corrected chi connectivity index (χ3v) is 14.6. The Morgan fingerprint density at radius 1 is 0.937 bits per heavy atom. The Bertz CT molecular complexity index is 2530. The van der Waals surface area contributed by atoms with Gasteiger partial charge in [0.25, 0.3) is 5.91 Å². The number of nitrogens with zero attached hydrogens (tertiary/aromatic N) is 4. The van der Waals surface area contributed by atoms with Crippen molar-refractivity contribution in [1.29, 1.82) is 0 Å². The summed E-state index contributed by atoms with van der Waals surface area (Å²) in [5.74, 6) is -1.29. The van der Waals surface area contributed by atoms with Crippen LogP contribution in [0.3, 0.4) is 0 Å². The van der Waals surface area contributed by atoms with Crippen LogP contribution in [-0.2, 0) is 29.1 Å². The van der Waals surface area contributed by atoms with Crippen LogP contribution in [-0.4, -0.2) is 99.5 Å². The highest BCUT2D eigenvalue weighted by molar-refractivity contribution is 7.91. The van der Waals surface area contributed by atoms with E-state index in [-0.39, 0.29) is 31.6 Å². The van der Waals surface area contributed by atoms with Crippen LogP contribution in [0.1, 0.15) is 97.3 Å². The third-order valence-electron chi connectivity index (χ3n) is 12.8. The van der Waals surface area contributed by atoms with Gasteiger partial charge in [-0.05, 0) is 114 Å². The Morgan fingerprint density at radius 3 is 2.46 bits per heavy atom. The van der Waals surface area contributed by atoms with Crippen molar-refractivity contribution < 1.29 is 41.8 Å². The standard InChI is InChI=1S/C46H55N7O9S/c1-28(2)60-32-20-18-29(19-21-32)38-25-40(53-41(47-38)35-15-10-11-16-36(35)50-53)61-33-24-39-42(54)49-46(44(56)51-63(58,59)34-22-23-34)26-30(46)12-6-4-3-5-7-17-37(43(55)52(39)27-33)48-45(57)62-31-13-8-9-14-31/h6,10-12,15-16,18-21,25,28,30-31,33-34,37,39H,3-5,7-9,13-14,17,22-24,26-27H2,1-2H3,(H,48,57)(H,49,54)(H,51,56)/b12-6-/t30-,33+,37-,39-,46+/m0/s1. The van der Waals surface area contributed by atoms with E-state index in [1.165, 1.54) is 4.90 Å². The van der Waals surface area contributed by atoms with E-state index in [1.54, 1.807) is 10.6 Å². The first kappa shape index (κ1) is 42.6. The number of aromatic nitrogens is 3. The number of carbonyl (C=O) groups excluding carboxylic acids is 4. The molecule has 1 saturated heterocycles. The van der Waals surface area contributed by atoms with E-state index in [2.05, 4.69) is 15.4 Å². The van der Waals surface area contributed by atoms with Crippen LogP contribution in [0.25, 0.3) is 27.8 Å². The summed E-state index contributed by atoms with van der Waals surface area (Å²) in [5, 5.41) is 10.8. The van der Waals surface area contributed by atoms with Crippen molar-refractivity contribution >= 4 is 50.4 Å². The highest BCUT2D eigenvalue weighted by atomic mass is 32.2. The van der Waals surface area contributed by atoms with E-state index in [0.717, 1.165) is 55.2 Å². The summed E-state index contributed by atoms with van der Waals surface area (Å²) in [7, 11) is -3.92. The zero-order valence-corrected chi connectivity index (χ0v) is 36.5. The molecule has 4 amide bonds. The zero-order chi connectivity index (χ0) is 43.9. The number of alkyl carbamates (subject to hydrolysis) is 1. The Morgan fingerprint density at radius 2 is 1.70 bits per heavy atom. The van der Waals surface area contributed by atoms with Crippen molar-refractivity contribution in [1.82, 2.24) is 34.9 Å². The second kappa shape index (κ2) is 17.5. The number of allylic oxidation sites excluding steroid dienone is 1. The van der Waals surface area contributed by atoms with E-state index in [1.807, 2.05) is 74.5 Å². The van der Waals surface area contributed by atoms with Gasteiger partial charge in [-0.2, -0.15) is 9.61 Å². The maximum absolute atomic E-state index is 14.8. The normalized spacial score (nSPS) is 26.3. The summed E-state index contributed by atoms with van der Waals surface area (Å²) in [5.41, 5.74) is 1.13. The lowest BCUT2D eigenvalue weighted by Gasteiger charge is -2.30. The van der Waals surface area contributed by atoms with Crippen LogP contribution >= 0.6 is 0 Å². The Kier molecular flexibility index (Phi) is 11.8. The van der Waals surface area contributed by atoms with Gasteiger partial charge in [0.15, 0.2) is 5.65 Å². The van der Waals surface area contributed by atoms with Crippen molar-refractivity contribution in [3.05, 3.63) is 66.7 Å². The van der Waals surface area contributed by atoms with E-state index in [4.69, 9.17) is 24.3 Å². The summed E-state index contributed by atoms with van der Waals surface area (Å²) >= 11 is 0. The van der Waals surface area contributed by atoms with Gasteiger partial charge in [0.05, 0.1) is 29.1 Å². The Balaban J connectivity index is 1.05. The first-order valence-corrected chi connectivity index (χ1v) is 24.0. The van der Waals surface area contributed by atoms with Gasteiger partial charge in [-0.25, -0.2) is 18.2 Å². The summed E-state index contributed by atoms with van der Waals surface area (Å²) in [6.45, 7) is 3.89. The molecule has 3 aliphatic carbocycles. The Hall–Kier alpha value is -5.71. The van der Waals surface area contributed by atoms with Crippen LogP contribution < -0.4 is 24.8 Å². The van der Waals surface area contributed by atoms with Crippen LogP contribution in [0, 0.1) is 5.92 Å². The molecule has 16 nitrogen and oxygen atoms in total. The lowest BCUT2D eigenvalue weighted by molar-refractivity contribution is -0.141. The maximum atomic E-state index is 14.8. The fourth-order valence-corrected chi connectivity index (χ4v) is 10.5. The number of benzene rings is 2. The number of sulfonamides is 1. The van der Waals surface area contributed by atoms with Gasteiger partial charge in [-0.15, -0.1) is 0 Å². The fraction of sp³-hybridized carbons (Fsp3) is 0.522. The molecule has 0 spiro atoms. The molecule has 4 fully saturated rings. The van der Waals surface area contributed by atoms with E-state index >= 15 is 0 Å². The predicted octanol–water partition coefficient (Wildman–Crippen LogP) is 5.73. The van der Waals surface area contributed by atoms with Gasteiger partial charge in [0.2, 0.25) is 27.7 Å². The summed E-state index contributed by atoms with van der Waals surface area (Å²) < 4.78 is 48.2. The predicted molar refractivity (Wildman–Crippen MR) is 233 cm³/mol. The van der Waals surface area contributed by atoms with Crippen molar-refractivity contribution in [3.8, 4) is 22.9 Å². The molecule has 2 aromatic heterocycles. The smallest absolute Gasteiger partial charge is 0.408 e. The molecule has 17 heteroatoms. The molecule has 0 radical (unpaired) electrons. The van der Waals surface area contributed by atoms with Crippen molar-refractivity contribution in [2.75, 3.05) is 6.54 Å². The van der Waals surface area contributed by atoms with E-state index in [0.29, 0.717) is 54.8 Å². The minimum absolute atomic E-state index is 0.00332. The second-order valence-electron chi connectivity index (χ2n) is 17.9. The lowest BCUT2D eigenvalue weighted by Crippen LogP contribution is -2.58. The second-order valence-corrected chi connectivity index (χ2v) is 19.9. The van der Waals surface area contributed by atoms with Gasteiger partial charge in [0, 0.05) is 29.4 Å². The molecule has 4 heterocycles. The van der Waals surface area contributed by atoms with Gasteiger partial charge in [-0.3, -0.25) is 19.1 Å². The lowest BCUT2D eigenvalue weighted by atomic mass is 10.0. The monoisotopic (exact) mass is 881 g/mol. The van der Waals surface area contributed by atoms with Crippen molar-refractivity contribution in [2.24, 2.45) is 5.92 Å². The Labute approximate surface area is 366 Å². The largest absolute Gasteiger partial charge is 0.491 e. The number of hydrogen-bond acceptors (Lipinski definition) is 11. The minimum Gasteiger partial charge on any atom is -0.491 e. The SMILES string of the molecule is CC(C)Oc1ccc(-c2cc(O[C@@H]3C[C@H]4C(=O)N[C@]5(C(=O)NS(=O)(=O)C6CC6)C[C@@H]5/C=C\CCCCC[C@H](NC(=O)OC5CCCC5)C(=O)N4C3)n3nc4ccccc4c3n2)cc1. The van der Waals surface area contributed by atoms with Gasteiger partial charge >= 0.3 is 6.09 Å². The molecule has 3 N–H and O–H groups in total. The highest BCUT2D eigenvalue weighted by Gasteiger charge is 2.62. The van der Waals surface area contributed by atoms with Crippen molar-refractivity contribution in [3.63, 3.8) is 0 Å². The quantitative estimate of drug-likeness (QED) is 0.165. The molecule has 334 valence electrons. The van der Waals surface area contributed by atoms with E-state index in [9.17, 15) is 27.6 Å². The highest BCUT2D eigenvalue weighted by Crippen LogP contribution is 2.46. The molecule has 2 aliphatic heterocycles. The molecule has 4 aromatic rings. The molecule has 5 atom stereocenters. The van der Waals surface area contributed by atoms with Crippen molar-refractivity contribution in [2.45, 2.75) is 139 Å². The van der Waals surface area contributed by atoms with E-state index < -0.39 is 68.7 Å². The molecular formula is C46H55N7O9S. The molecule has 2 aromatic carbocycles. The minimum atomic E-state index is -3.92. The third kappa shape index (κ3) is 9.20. The number of fused-ring (bicyclic) bond motifs is 5. The van der Waals surface area contributed by atoms with Crippen LogP contribution in [0.5, 0.6) is 11.6 Å². The molecule has 9 rings (SSSR count). The van der Waals surface area contributed by atoms with Crippen LogP contribution in [0.2, 0.25) is 0 Å². The molecule has 5 aliphatic rings. The molecular weight excluding hydrogens is 827 g/mol. The summed E-state index contributed by atoms with van der Waals surface area (Å²) in [6, 6.07) is 14.8. The topological polar surface area (TPSA) is 200 Å². The zero-order valence-electron chi connectivity index (χ0n) is 35.7. The molecule has 3 saturated carbocycles. The number of hydrogen-bond donors (Lipinski definition) is 3. The number of carbonyl (C=O) groups is 4. The molecule has 0 unspecified atom stereocenters. The van der Waals surface area contributed by atoms with Gasteiger partial charge < -0.3 is 29.7 Å². The molecule has 0 bridgehead atoms. The average molecular weight is 882 g/mol. The van der Waals surface area contributed by atoms with Crippen LogP contribution in [0.15, 0.2) is 66.7 Å². The number of rotatable bonds is 10. The maximum Gasteiger partial charge on any atom is 0.408 e. The fourth-order valence-electron chi connectivity index (χ4n) is 9.17. The van der Waals surface area contributed by atoms with Gasteiger partial charge in [0.1, 0.15) is 35.6 Å². The summed E-state index contributed by atoms with van der Waals surface area (Å²) in [6.07, 6.45) is 10.0. The number of amides is 4. The molecule has 63 heavy (non-hydrogen) atoms. The first-order chi connectivity index (χ1) is 30.4.